The summed E-state index contributed by atoms with van der Waals surface area (Å²) in [5.74, 6) is 0.668. The van der Waals surface area contributed by atoms with E-state index in [9.17, 15) is 13.2 Å². The van der Waals surface area contributed by atoms with Gasteiger partial charge in [0.1, 0.15) is 5.70 Å². The minimum absolute atomic E-state index is 0.0710. The fraction of sp³-hybridized carbons (Fsp3) is 0.474. The van der Waals surface area contributed by atoms with E-state index in [2.05, 4.69) is 4.40 Å². The fourth-order valence-electron chi connectivity index (χ4n) is 3.43. The third-order valence-corrected chi connectivity index (χ3v) is 6.45. The molecule has 0 saturated carbocycles. The number of carbonyl (C=O) groups excluding carboxylic acids is 1. The molecule has 0 N–H and O–H groups in total. The Morgan fingerprint density at radius 3 is 2.54 bits per heavy atom. The zero-order chi connectivity index (χ0) is 20.5. The van der Waals surface area contributed by atoms with Gasteiger partial charge in [-0.2, -0.15) is 8.42 Å². The molecule has 2 aliphatic rings. The van der Waals surface area contributed by atoms with Gasteiger partial charge in [0, 0.05) is 25.2 Å². The van der Waals surface area contributed by atoms with Crippen LogP contribution in [0, 0.1) is 0 Å². The Morgan fingerprint density at radius 2 is 1.89 bits per heavy atom. The molecule has 0 aromatic heterocycles. The second-order valence-electron chi connectivity index (χ2n) is 6.86. The van der Waals surface area contributed by atoms with Gasteiger partial charge in [-0.3, -0.25) is 4.79 Å². The Labute approximate surface area is 165 Å². The maximum Gasteiger partial charge on any atom is 0.345 e. The van der Waals surface area contributed by atoms with E-state index in [1.54, 1.807) is 23.1 Å². The summed E-state index contributed by atoms with van der Waals surface area (Å²) in [5, 5.41) is 0. The molecule has 8 nitrogen and oxygen atoms in total. The number of benzene rings is 1. The van der Waals surface area contributed by atoms with Gasteiger partial charge < -0.3 is 14.4 Å². The molecule has 1 saturated heterocycles. The zero-order valence-corrected chi connectivity index (χ0v) is 17.3. The number of nitrogens with zero attached hydrogens (tertiary/aromatic N) is 3. The third kappa shape index (κ3) is 3.71. The summed E-state index contributed by atoms with van der Waals surface area (Å²) in [4.78, 5) is 14.8. The van der Waals surface area contributed by atoms with Crippen molar-refractivity contribution in [1.82, 2.24) is 9.21 Å². The number of hydrogen-bond donors (Lipinski definition) is 0. The summed E-state index contributed by atoms with van der Waals surface area (Å²) in [6, 6.07) is 5.06. The van der Waals surface area contributed by atoms with Gasteiger partial charge in [0.2, 0.25) is 0 Å². The molecule has 1 amide bonds. The molecule has 1 atom stereocenters. The van der Waals surface area contributed by atoms with Crippen LogP contribution in [0.3, 0.4) is 0 Å². The van der Waals surface area contributed by atoms with Crippen LogP contribution in [0.2, 0.25) is 0 Å². The van der Waals surface area contributed by atoms with Crippen molar-refractivity contribution in [3.05, 3.63) is 35.5 Å². The van der Waals surface area contributed by atoms with E-state index in [0.717, 1.165) is 23.6 Å². The van der Waals surface area contributed by atoms with Crippen LogP contribution < -0.4 is 9.47 Å². The number of likely N-dealkylation sites (tertiary alicyclic amines) is 1. The van der Waals surface area contributed by atoms with Crippen molar-refractivity contribution in [2.45, 2.75) is 32.2 Å². The number of likely N-dealkylation sites (N-methyl/N-ethyl adjacent to an activating group) is 1. The highest BCUT2D eigenvalue weighted by Gasteiger charge is 2.34. The Kier molecular flexibility index (Phi) is 5.64. The molecule has 9 heteroatoms. The minimum Gasteiger partial charge on any atom is -0.493 e. The highest BCUT2D eigenvalue weighted by atomic mass is 32.2. The van der Waals surface area contributed by atoms with Crippen LogP contribution in [0.5, 0.6) is 11.5 Å². The summed E-state index contributed by atoms with van der Waals surface area (Å²) >= 11 is 0. The third-order valence-electron chi connectivity index (χ3n) is 5.13. The van der Waals surface area contributed by atoms with Crippen LogP contribution in [0.25, 0.3) is 0 Å². The van der Waals surface area contributed by atoms with Crippen LogP contribution >= 0.6 is 0 Å². The molecule has 1 aromatic carbocycles. The molecule has 152 valence electrons. The summed E-state index contributed by atoms with van der Waals surface area (Å²) in [5.41, 5.74) is 0.798. The van der Waals surface area contributed by atoms with Gasteiger partial charge in [0.05, 0.1) is 19.9 Å². The van der Waals surface area contributed by atoms with Crippen molar-refractivity contribution in [3.8, 4) is 11.5 Å². The van der Waals surface area contributed by atoms with Gasteiger partial charge in [0.15, 0.2) is 11.5 Å². The molecule has 28 heavy (non-hydrogen) atoms. The van der Waals surface area contributed by atoms with Crippen molar-refractivity contribution >= 4 is 21.8 Å². The predicted molar refractivity (Wildman–Crippen MR) is 106 cm³/mol. The average molecular weight is 407 g/mol. The zero-order valence-electron chi connectivity index (χ0n) is 16.5. The summed E-state index contributed by atoms with van der Waals surface area (Å²) in [6.45, 7) is 2.60. The summed E-state index contributed by atoms with van der Waals surface area (Å²) in [6.07, 6.45) is 4.41. The van der Waals surface area contributed by atoms with Crippen molar-refractivity contribution in [3.63, 3.8) is 0 Å². The summed E-state index contributed by atoms with van der Waals surface area (Å²) in [7, 11) is 0.356. The van der Waals surface area contributed by atoms with Crippen LogP contribution in [0.4, 0.5) is 0 Å². The Balaban J connectivity index is 2.03. The van der Waals surface area contributed by atoms with Crippen molar-refractivity contribution in [2.24, 2.45) is 4.40 Å². The molecule has 0 spiro atoms. The minimum atomic E-state index is -4.01. The first-order valence-electron chi connectivity index (χ1n) is 9.12. The first-order chi connectivity index (χ1) is 13.3. The number of ether oxygens (including phenoxy) is 2. The molecule has 3 rings (SSSR count). The van der Waals surface area contributed by atoms with Gasteiger partial charge in [-0.15, -0.1) is 4.40 Å². The molecule has 0 unspecified atom stereocenters. The topological polar surface area (TPSA) is 88.5 Å². The van der Waals surface area contributed by atoms with Crippen molar-refractivity contribution < 1.29 is 22.7 Å². The van der Waals surface area contributed by atoms with Crippen molar-refractivity contribution in [1.29, 1.82) is 0 Å². The lowest BCUT2D eigenvalue weighted by Crippen LogP contribution is -2.46. The van der Waals surface area contributed by atoms with Crippen LogP contribution in [-0.4, -0.2) is 63.1 Å². The molecule has 0 radical (unpaired) electrons. The number of methoxy groups -OCH3 is 2. The number of hydrogen-bond acceptors (Lipinski definition) is 5. The van der Waals surface area contributed by atoms with E-state index in [0.29, 0.717) is 23.6 Å². The lowest BCUT2D eigenvalue weighted by molar-refractivity contribution is -0.131. The van der Waals surface area contributed by atoms with Crippen LogP contribution in [-0.2, 0) is 15.0 Å². The molecule has 2 heterocycles. The highest BCUT2D eigenvalue weighted by Crippen LogP contribution is 2.30. The normalized spacial score (nSPS) is 21.6. The lowest BCUT2D eigenvalue weighted by Gasteiger charge is -2.36. The molecule has 1 fully saturated rings. The van der Waals surface area contributed by atoms with E-state index in [4.69, 9.17) is 9.47 Å². The standard InChI is InChI=1S/C19H25N3O5S/c1-13-7-5-6-10-22(13)19(23)16-12-15(20-28(24,25)21(16)2)14-8-9-17(26-3)18(11-14)27-4/h8-9,11-13H,5-7,10H2,1-4H3/t13-/m0/s1. The smallest absolute Gasteiger partial charge is 0.345 e. The van der Waals surface area contributed by atoms with E-state index >= 15 is 0 Å². The molecule has 0 bridgehead atoms. The lowest BCUT2D eigenvalue weighted by atomic mass is 10.0. The van der Waals surface area contributed by atoms with Gasteiger partial charge >= 0.3 is 10.2 Å². The number of carbonyl (C=O) groups is 1. The first-order valence-corrected chi connectivity index (χ1v) is 10.5. The van der Waals surface area contributed by atoms with Gasteiger partial charge in [-0.05, 0) is 50.5 Å². The number of piperidine rings is 1. The van der Waals surface area contributed by atoms with Gasteiger partial charge in [-0.1, -0.05) is 0 Å². The van der Waals surface area contributed by atoms with E-state index in [1.807, 2.05) is 6.92 Å². The largest absolute Gasteiger partial charge is 0.493 e. The van der Waals surface area contributed by atoms with Crippen molar-refractivity contribution in [2.75, 3.05) is 27.8 Å². The van der Waals surface area contributed by atoms with E-state index < -0.39 is 10.2 Å². The molecule has 2 aliphatic heterocycles. The molecule has 0 aliphatic carbocycles. The predicted octanol–water partition coefficient (Wildman–Crippen LogP) is 1.97. The Morgan fingerprint density at radius 1 is 1.18 bits per heavy atom. The molecular formula is C19H25N3O5S. The number of rotatable bonds is 4. The maximum atomic E-state index is 13.1. The summed E-state index contributed by atoms with van der Waals surface area (Å²) < 4.78 is 40.5. The van der Waals surface area contributed by atoms with E-state index in [1.165, 1.54) is 27.3 Å². The Bertz CT molecular complexity index is 939. The fourth-order valence-corrected chi connectivity index (χ4v) is 4.34. The van der Waals surface area contributed by atoms with Crippen LogP contribution in [0.1, 0.15) is 31.7 Å². The number of amides is 1. The quantitative estimate of drug-likeness (QED) is 0.761. The highest BCUT2D eigenvalue weighted by molar-refractivity contribution is 7.88. The number of allylic oxidation sites excluding steroid dienone is 1. The molecule has 1 aromatic rings. The average Bonchev–Trinajstić information content (AvgIpc) is 2.69. The second kappa shape index (κ2) is 7.83. The SMILES string of the molecule is COc1ccc(C2=NS(=O)(=O)N(C)C(C(=O)N3CCCC[C@@H]3C)=C2)cc1OC. The Hall–Kier alpha value is -2.55. The monoisotopic (exact) mass is 407 g/mol. The van der Waals surface area contributed by atoms with Gasteiger partial charge in [0.25, 0.3) is 5.91 Å². The van der Waals surface area contributed by atoms with Gasteiger partial charge in [-0.25, -0.2) is 4.31 Å². The second-order valence-corrected chi connectivity index (χ2v) is 8.49. The first kappa shape index (κ1) is 20.2. The molecular weight excluding hydrogens is 382 g/mol. The maximum absolute atomic E-state index is 13.1. The van der Waals surface area contributed by atoms with Crippen LogP contribution in [0.15, 0.2) is 34.4 Å². The van der Waals surface area contributed by atoms with E-state index in [-0.39, 0.29) is 23.4 Å².